The minimum atomic E-state index is 0.756. The Kier molecular flexibility index (Phi) is 7.22. The molecule has 0 saturated heterocycles. The summed E-state index contributed by atoms with van der Waals surface area (Å²) in [5.74, 6) is 1.72. The Balaban J connectivity index is 2.37. The minimum Gasteiger partial charge on any atom is -0.497 e. The van der Waals surface area contributed by atoms with Gasteiger partial charge in [0.05, 0.1) is 20.8 Å². The van der Waals surface area contributed by atoms with Gasteiger partial charge in [-0.05, 0) is 31.0 Å². The molecule has 4 nitrogen and oxygen atoms in total. The first-order valence-corrected chi connectivity index (χ1v) is 6.22. The van der Waals surface area contributed by atoms with E-state index in [2.05, 4.69) is 11.4 Å². The molecular weight excluding hydrogens is 230 g/mol. The van der Waals surface area contributed by atoms with E-state index in [1.165, 1.54) is 5.56 Å². The van der Waals surface area contributed by atoms with Gasteiger partial charge in [0.2, 0.25) is 0 Å². The third kappa shape index (κ3) is 4.94. The first-order chi connectivity index (χ1) is 8.81. The van der Waals surface area contributed by atoms with E-state index < -0.39 is 0 Å². The lowest BCUT2D eigenvalue weighted by molar-refractivity contribution is 0.199. The van der Waals surface area contributed by atoms with Crippen molar-refractivity contribution in [3.63, 3.8) is 0 Å². The molecule has 0 fully saturated rings. The van der Waals surface area contributed by atoms with E-state index >= 15 is 0 Å². The fourth-order valence-electron chi connectivity index (χ4n) is 1.76. The first-order valence-electron chi connectivity index (χ1n) is 6.22. The Hall–Kier alpha value is -1.26. The van der Waals surface area contributed by atoms with E-state index in [1.54, 1.807) is 21.3 Å². The molecule has 0 radical (unpaired) electrons. The maximum atomic E-state index is 5.36. The van der Waals surface area contributed by atoms with Crippen molar-refractivity contribution in [1.29, 1.82) is 0 Å². The summed E-state index contributed by atoms with van der Waals surface area (Å²) in [6.45, 7) is 2.64. The molecule has 1 aromatic rings. The second-order valence-electron chi connectivity index (χ2n) is 4.02. The van der Waals surface area contributed by atoms with Crippen LogP contribution in [0, 0.1) is 0 Å². The molecule has 18 heavy (non-hydrogen) atoms. The summed E-state index contributed by atoms with van der Waals surface area (Å²) in [4.78, 5) is 0. The fourth-order valence-corrected chi connectivity index (χ4v) is 1.76. The van der Waals surface area contributed by atoms with E-state index in [0.29, 0.717) is 0 Å². The van der Waals surface area contributed by atoms with E-state index in [-0.39, 0.29) is 0 Å². The second kappa shape index (κ2) is 8.78. The van der Waals surface area contributed by atoms with Crippen molar-refractivity contribution in [1.82, 2.24) is 5.32 Å². The molecule has 0 aliphatic heterocycles. The summed E-state index contributed by atoms with van der Waals surface area (Å²) in [7, 11) is 5.06. The molecule has 1 rings (SSSR count). The summed E-state index contributed by atoms with van der Waals surface area (Å²) in [6.07, 6.45) is 2.07. The zero-order valence-electron chi connectivity index (χ0n) is 11.5. The molecule has 0 bridgehead atoms. The SMILES string of the molecule is COCCNCCCc1ccc(OC)cc1OC. The van der Waals surface area contributed by atoms with Crippen molar-refractivity contribution >= 4 is 0 Å². The normalized spacial score (nSPS) is 10.4. The van der Waals surface area contributed by atoms with Crippen LogP contribution in [-0.4, -0.2) is 41.0 Å². The number of ether oxygens (including phenoxy) is 3. The largest absolute Gasteiger partial charge is 0.497 e. The third-order valence-electron chi connectivity index (χ3n) is 2.78. The highest BCUT2D eigenvalue weighted by atomic mass is 16.5. The summed E-state index contributed by atoms with van der Waals surface area (Å²) in [6, 6.07) is 5.96. The van der Waals surface area contributed by atoms with Gasteiger partial charge in [0.15, 0.2) is 0 Å². The molecule has 0 saturated carbocycles. The van der Waals surface area contributed by atoms with Crippen molar-refractivity contribution in [2.45, 2.75) is 12.8 Å². The van der Waals surface area contributed by atoms with Crippen LogP contribution in [0.15, 0.2) is 18.2 Å². The van der Waals surface area contributed by atoms with Crippen LogP contribution < -0.4 is 14.8 Å². The number of aryl methyl sites for hydroxylation is 1. The van der Waals surface area contributed by atoms with Gasteiger partial charge in [0.1, 0.15) is 11.5 Å². The van der Waals surface area contributed by atoms with Gasteiger partial charge in [0.25, 0.3) is 0 Å². The van der Waals surface area contributed by atoms with Gasteiger partial charge < -0.3 is 19.5 Å². The number of methoxy groups -OCH3 is 3. The van der Waals surface area contributed by atoms with Gasteiger partial charge in [-0.3, -0.25) is 0 Å². The van der Waals surface area contributed by atoms with Crippen LogP contribution in [0.2, 0.25) is 0 Å². The molecule has 1 aromatic carbocycles. The second-order valence-corrected chi connectivity index (χ2v) is 4.02. The topological polar surface area (TPSA) is 39.7 Å². The van der Waals surface area contributed by atoms with Gasteiger partial charge >= 0.3 is 0 Å². The van der Waals surface area contributed by atoms with E-state index in [4.69, 9.17) is 14.2 Å². The summed E-state index contributed by atoms with van der Waals surface area (Å²) >= 11 is 0. The lowest BCUT2D eigenvalue weighted by Crippen LogP contribution is -2.20. The Morgan fingerprint density at radius 2 is 1.89 bits per heavy atom. The molecule has 0 aromatic heterocycles. The number of rotatable bonds is 9. The molecule has 0 unspecified atom stereocenters. The number of hydrogen-bond donors (Lipinski definition) is 1. The lowest BCUT2D eigenvalue weighted by Gasteiger charge is -2.10. The summed E-state index contributed by atoms with van der Waals surface area (Å²) in [5, 5.41) is 3.33. The van der Waals surface area contributed by atoms with Gasteiger partial charge in [-0.2, -0.15) is 0 Å². The van der Waals surface area contributed by atoms with Crippen LogP contribution in [0.25, 0.3) is 0 Å². The Labute approximate surface area is 109 Å². The molecule has 0 aliphatic rings. The Morgan fingerprint density at radius 3 is 2.56 bits per heavy atom. The smallest absolute Gasteiger partial charge is 0.125 e. The summed E-state index contributed by atoms with van der Waals surface area (Å²) < 4.78 is 15.5. The zero-order valence-corrected chi connectivity index (χ0v) is 11.5. The molecule has 0 spiro atoms. The molecule has 4 heteroatoms. The molecule has 1 N–H and O–H groups in total. The molecule has 0 heterocycles. The number of nitrogens with one attached hydrogen (secondary N) is 1. The predicted octanol–water partition coefficient (Wildman–Crippen LogP) is 1.87. The first kappa shape index (κ1) is 14.8. The quantitative estimate of drug-likeness (QED) is 0.682. The standard InChI is InChI=1S/C14H23NO3/c1-16-10-9-15-8-4-5-12-6-7-13(17-2)11-14(12)18-3/h6-7,11,15H,4-5,8-10H2,1-3H3. The molecule has 0 aliphatic carbocycles. The van der Waals surface area contributed by atoms with E-state index in [9.17, 15) is 0 Å². The molecule has 102 valence electrons. The fraction of sp³-hybridized carbons (Fsp3) is 0.571. The van der Waals surface area contributed by atoms with Crippen LogP contribution in [0.4, 0.5) is 0 Å². The van der Waals surface area contributed by atoms with Crippen molar-refractivity contribution in [3.05, 3.63) is 23.8 Å². The zero-order chi connectivity index (χ0) is 13.2. The van der Waals surface area contributed by atoms with Crippen molar-refractivity contribution in [2.24, 2.45) is 0 Å². The monoisotopic (exact) mass is 253 g/mol. The minimum absolute atomic E-state index is 0.756. The van der Waals surface area contributed by atoms with Gasteiger partial charge in [-0.25, -0.2) is 0 Å². The number of benzene rings is 1. The Morgan fingerprint density at radius 1 is 1.06 bits per heavy atom. The number of hydrogen-bond acceptors (Lipinski definition) is 4. The van der Waals surface area contributed by atoms with Crippen LogP contribution in [-0.2, 0) is 11.2 Å². The predicted molar refractivity (Wildman–Crippen MR) is 72.6 cm³/mol. The van der Waals surface area contributed by atoms with Crippen molar-refractivity contribution in [3.8, 4) is 11.5 Å². The maximum Gasteiger partial charge on any atom is 0.125 e. The van der Waals surface area contributed by atoms with Crippen LogP contribution in [0.5, 0.6) is 11.5 Å². The van der Waals surface area contributed by atoms with Crippen molar-refractivity contribution < 1.29 is 14.2 Å². The molecular formula is C14H23NO3. The average molecular weight is 253 g/mol. The molecule has 0 atom stereocenters. The Bertz CT molecular complexity index is 342. The highest BCUT2D eigenvalue weighted by Gasteiger charge is 2.04. The highest BCUT2D eigenvalue weighted by molar-refractivity contribution is 5.40. The molecule has 0 amide bonds. The summed E-state index contributed by atoms with van der Waals surface area (Å²) in [5.41, 5.74) is 1.21. The van der Waals surface area contributed by atoms with E-state index in [0.717, 1.165) is 44.0 Å². The van der Waals surface area contributed by atoms with Gasteiger partial charge in [-0.15, -0.1) is 0 Å². The van der Waals surface area contributed by atoms with Crippen molar-refractivity contribution in [2.75, 3.05) is 41.0 Å². The lowest BCUT2D eigenvalue weighted by atomic mass is 10.1. The average Bonchev–Trinajstić information content (AvgIpc) is 2.42. The van der Waals surface area contributed by atoms with Crippen LogP contribution in [0.3, 0.4) is 0 Å². The van der Waals surface area contributed by atoms with Gasteiger partial charge in [-0.1, -0.05) is 6.07 Å². The van der Waals surface area contributed by atoms with Crippen LogP contribution in [0.1, 0.15) is 12.0 Å². The highest BCUT2D eigenvalue weighted by Crippen LogP contribution is 2.25. The van der Waals surface area contributed by atoms with E-state index in [1.807, 2.05) is 12.1 Å². The van der Waals surface area contributed by atoms with Gasteiger partial charge in [0, 0.05) is 19.7 Å². The third-order valence-corrected chi connectivity index (χ3v) is 2.78. The maximum absolute atomic E-state index is 5.36. The van der Waals surface area contributed by atoms with Crippen LogP contribution >= 0.6 is 0 Å².